The number of hydrogen-bond donors (Lipinski definition) is 0. The Morgan fingerprint density at radius 1 is 0.946 bits per heavy atom. The van der Waals surface area contributed by atoms with Crippen LogP contribution in [0.4, 0.5) is 0 Å². The number of hydrogen-bond acceptors (Lipinski definition) is 9. The van der Waals surface area contributed by atoms with Gasteiger partial charge in [-0.2, -0.15) is 0 Å². The number of ether oxygens (including phenoxy) is 3. The van der Waals surface area contributed by atoms with E-state index in [1.165, 1.54) is 13.0 Å². The monoisotopic (exact) mass is 542 g/mol. The van der Waals surface area contributed by atoms with Crippen molar-refractivity contribution in [1.29, 1.82) is 0 Å². The molecule has 4 heterocycles. The summed E-state index contributed by atoms with van der Waals surface area (Å²) in [5.74, 6) is 0. The molecule has 2 saturated heterocycles. The van der Waals surface area contributed by atoms with Gasteiger partial charge >= 0.3 is 7.60 Å². The largest absolute Gasteiger partial charge is 0.347 e. The number of nitrogens with zero attached hydrogens (tertiary/aromatic N) is 4. The van der Waals surface area contributed by atoms with Gasteiger partial charge in [-0.05, 0) is 5.56 Å². The summed E-state index contributed by atoms with van der Waals surface area (Å²) in [6.45, 7) is 1.60. The number of rotatable bonds is 8. The van der Waals surface area contributed by atoms with Gasteiger partial charge < -0.3 is 23.3 Å². The molecule has 10 nitrogen and oxygen atoms in total. The predicted octanol–water partition coefficient (Wildman–Crippen LogP) is 4.92. The molecule has 0 N–H and O–H groups in total. The van der Waals surface area contributed by atoms with Gasteiger partial charge in [-0.1, -0.05) is 72.3 Å². The molecule has 2 aromatic carbocycles. The van der Waals surface area contributed by atoms with Crippen molar-refractivity contribution in [2.75, 3.05) is 13.3 Å². The Balaban J connectivity index is 1.22. The van der Waals surface area contributed by atoms with E-state index in [2.05, 4.69) is 15.0 Å². The first kappa shape index (κ1) is 24.6. The maximum Gasteiger partial charge on any atom is 0.328 e. The van der Waals surface area contributed by atoms with Crippen LogP contribution in [0.2, 0.25) is 5.15 Å². The first-order valence-electron chi connectivity index (χ1n) is 11.7. The Bertz CT molecular complexity index is 1420. The van der Waals surface area contributed by atoms with Crippen molar-refractivity contribution in [3.8, 4) is 0 Å². The molecular weight excluding hydrogens is 519 g/mol. The van der Waals surface area contributed by atoms with E-state index in [0.29, 0.717) is 11.2 Å². The van der Waals surface area contributed by atoms with Gasteiger partial charge in [0.2, 0.25) is 0 Å². The highest BCUT2D eigenvalue weighted by atomic mass is 35.5. The van der Waals surface area contributed by atoms with Crippen LogP contribution in [0.25, 0.3) is 11.2 Å². The van der Waals surface area contributed by atoms with Gasteiger partial charge in [-0.3, -0.25) is 9.13 Å². The third kappa shape index (κ3) is 5.06. The van der Waals surface area contributed by atoms with Gasteiger partial charge in [0.25, 0.3) is 0 Å². The van der Waals surface area contributed by atoms with E-state index in [1.807, 2.05) is 60.7 Å². The van der Waals surface area contributed by atoms with Crippen LogP contribution < -0.4 is 0 Å². The number of imidazole rings is 1. The molecule has 37 heavy (non-hydrogen) atoms. The van der Waals surface area contributed by atoms with Crippen molar-refractivity contribution < 1.29 is 27.8 Å². The zero-order chi connectivity index (χ0) is 25.4. The Hall–Kier alpha value is -2.69. The molecule has 6 atom stereocenters. The van der Waals surface area contributed by atoms with E-state index in [-0.39, 0.29) is 18.4 Å². The molecular formula is C25H24ClN4O6P. The fraction of sp³-hybridized carbons (Fsp3) is 0.320. The van der Waals surface area contributed by atoms with E-state index in [9.17, 15) is 4.57 Å². The van der Waals surface area contributed by atoms with Gasteiger partial charge in [0.1, 0.15) is 30.2 Å². The SMILES string of the molecule is CP(=O)(OCc1ccccc1)OC[C@H]1O[C@@H](n2cnc3c(Cl)ncnc32)[C@@H]2OC(c3ccccc3)O[C@@H]21. The standard InChI is InChI=1S/C25H24ClN4O6P/c1-37(31,32-12-16-8-4-2-5-9-16)33-13-18-20-21(36-25(35-20)17-10-6-3-7-11-17)24(34-18)30-15-29-19-22(26)27-14-28-23(19)30/h2-11,14-15,18,20-21,24-25H,12-13H2,1H3/t18-,20-,21-,24-,25?,37?/m1/s1. The minimum absolute atomic E-state index is 0.0204. The molecule has 6 rings (SSSR count). The first-order chi connectivity index (χ1) is 18.0. The fourth-order valence-electron chi connectivity index (χ4n) is 4.48. The van der Waals surface area contributed by atoms with E-state index in [4.69, 9.17) is 34.9 Å². The zero-order valence-corrected chi connectivity index (χ0v) is 21.4. The second kappa shape index (κ2) is 10.2. The highest BCUT2D eigenvalue weighted by Gasteiger charge is 2.54. The lowest BCUT2D eigenvalue weighted by Crippen LogP contribution is -2.31. The Kier molecular flexibility index (Phi) is 6.81. The van der Waals surface area contributed by atoms with Gasteiger partial charge in [0.15, 0.2) is 23.3 Å². The van der Waals surface area contributed by atoms with Gasteiger partial charge in [0.05, 0.1) is 19.5 Å². The molecule has 2 aromatic heterocycles. The van der Waals surface area contributed by atoms with E-state index < -0.39 is 38.4 Å². The number of aromatic nitrogens is 4. The summed E-state index contributed by atoms with van der Waals surface area (Å²) in [6.07, 6.45) is 0.123. The molecule has 0 bridgehead atoms. The van der Waals surface area contributed by atoms with Crippen molar-refractivity contribution in [2.45, 2.75) is 37.4 Å². The Morgan fingerprint density at radius 2 is 1.68 bits per heavy atom. The molecule has 0 radical (unpaired) electrons. The lowest BCUT2D eigenvalue weighted by molar-refractivity contribution is -0.152. The molecule has 0 aliphatic carbocycles. The number of fused-ring (bicyclic) bond motifs is 2. The van der Waals surface area contributed by atoms with Crippen molar-refractivity contribution in [3.63, 3.8) is 0 Å². The van der Waals surface area contributed by atoms with Crippen LogP contribution in [-0.2, 0) is 34.4 Å². The molecule has 2 fully saturated rings. The van der Waals surface area contributed by atoms with Crippen LogP contribution in [0.3, 0.4) is 0 Å². The third-order valence-electron chi connectivity index (χ3n) is 6.29. The summed E-state index contributed by atoms with van der Waals surface area (Å²) in [5.41, 5.74) is 2.74. The Morgan fingerprint density at radius 3 is 2.46 bits per heavy atom. The lowest BCUT2D eigenvalue weighted by Gasteiger charge is -2.22. The van der Waals surface area contributed by atoms with Crippen LogP contribution in [0, 0.1) is 0 Å². The highest BCUT2D eigenvalue weighted by molar-refractivity contribution is 7.52. The summed E-state index contributed by atoms with van der Waals surface area (Å²) in [5, 5.41) is 0.242. The van der Waals surface area contributed by atoms with Crippen LogP contribution in [0.1, 0.15) is 23.6 Å². The van der Waals surface area contributed by atoms with Crippen LogP contribution in [-0.4, -0.2) is 51.1 Å². The molecule has 4 aromatic rings. The normalized spacial score (nSPS) is 26.8. The van der Waals surface area contributed by atoms with Crippen molar-refractivity contribution in [2.24, 2.45) is 0 Å². The quantitative estimate of drug-likeness (QED) is 0.226. The summed E-state index contributed by atoms with van der Waals surface area (Å²) in [6, 6.07) is 19.1. The molecule has 0 spiro atoms. The topological polar surface area (TPSA) is 107 Å². The predicted molar refractivity (Wildman–Crippen MR) is 134 cm³/mol. The molecule has 12 heteroatoms. The van der Waals surface area contributed by atoms with Crippen LogP contribution in [0.15, 0.2) is 73.3 Å². The summed E-state index contributed by atoms with van der Waals surface area (Å²) in [7, 11) is -3.38. The number of benzene rings is 2. The summed E-state index contributed by atoms with van der Waals surface area (Å²) >= 11 is 6.21. The molecule has 0 amide bonds. The first-order valence-corrected chi connectivity index (χ1v) is 14.1. The van der Waals surface area contributed by atoms with E-state index in [1.54, 1.807) is 10.9 Å². The third-order valence-corrected chi connectivity index (χ3v) is 7.78. The molecule has 2 aliphatic rings. The van der Waals surface area contributed by atoms with Crippen molar-refractivity contribution in [1.82, 2.24) is 19.5 Å². The van der Waals surface area contributed by atoms with Gasteiger partial charge in [-0.25, -0.2) is 15.0 Å². The Labute approximate surface area is 218 Å². The van der Waals surface area contributed by atoms with Crippen molar-refractivity contribution >= 4 is 30.4 Å². The average molecular weight is 543 g/mol. The molecule has 192 valence electrons. The lowest BCUT2D eigenvalue weighted by atomic mass is 10.1. The maximum absolute atomic E-state index is 13.0. The highest BCUT2D eigenvalue weighted by Crippen LogP contribution is 2.48. The molecule has 2 aliphatic heterocycles. The van der Waals surface area contributed by atoms with E-state index >= 15 is 0 Å². The van der Waals surface area contributed by atoms with Crippen LogP contribution >= 0.6 is 19.2 Å². The van der Waals surface area contributed by atoms with Crippen LogP contribution in [0.5, 0.6) is 0 Å². The zero-order valence-electron chi connectivity index (χ0n) is 19.8. The average Bonchev–Trinajstić information content (AvgIpc) is 3.62. The summed E-state index contributed by atoms with van der Waals surface area (Å²) < 4.78 is 45.1. The smallest absolute Gasteiger partial charge is 0.328 e. The molecule has 2 unspecified atom stereocenters. The van der Waals surface area contributed by atoms with E-state index in [0.717, 1.165) is 11.1 Å². The number of halogens is 1. The molecule has 0 saturated carbocycles. The van der Waals surface area contributed by atoms with Crippen molar-refractivity contribution in [3.05, 3.63) is 89.6 Å². The second-order valence-electron chi connectivity index (χ2n) is 8.82. The van der Waals surface area contributed by atoms with Gasteiger partial charge in [0, 0.05) is 12.2 Å². The summed E-state index contributed by atoms with van der Waals surface area (Å²) in [4.78, 5) is 12.7. The fourth-order valence-corrected chi connectivity index (χ4v) is 5.53. The second-order valence-corrected chi connectivity index (χ2v) is 11.2. The minimum Gasteiger partial charge on any atom is -0.347 e. The minimum atomic E-state index is -3.38. The van der Waals surface area contributed by atoms with Gasteiger partial charge in [-0.15, -0.1) is 0 Å². The maximum atomic E-state index is 13.0.